The van der Waals surface area contributed by atoms with E-state index in [1.54, 1.807) is 6.92 Å². The molecule has 0 fully saturated rings. The fourth-order valence-electron chi connectivity index (χ4n) is 1.30. The number of pyridine rings is 1. The van der Waals surface area contributed by atoms with Gasteiger partial charge in [0.05, 0.1) is 17.0 Å². The van der Waals surface area contributed by atoms with E-state index < -0.39 is 16.7 Å². The van der Waals surface area contributed by atoms with Crippen LogP contribution in [0.1, 0.15) is 17.3 Å². The van der Waals surface area contributed by atoms with Crippen molar-refractivity contribution in [3.8, 4) is 0 Å². The molecule has 9 heteroatoms. The maximum atomic E-state index is 11.8. The highest BCUT2D eigenvalue weighted by Gasteiger charge is 2.18. The number of hydrogen-bond donors (Lipinski definition) is 3. The number of nitro groups is 1. The van der Waals surface area contributed by atoms with Crippen LogP contribution in [-0.4, -0.2) is 34.8 Å². The quantitative estimate of drug-likeness (QED) is 0.474. The first-order chi connectivity index (χ1) is 8.95. The number of nitrogens with two attached hydrogens (primary N) is 1. The van der Waals surface area contributed by atoms with Crippen molar-refractivity contribution in [3.63, 3.8) is 0 Å². The fourth-order valence-corrected chi connectivity index (χ4v) is 1.30. The standard InChI is InChI=1S/C10H13N5O4/c1-2-12-9-7(10(17)14-5-8(11)16)3-6(4-13-9)15(18)19/h3-4H,2,5H2,1H3,(H2,11,16)(H,12,13)(H,14,17). The van der Waals surface area contributed by atoms with Crippen molar-refractivity contribution < 1.29 is 14.5 Å². The topological polar surface area (TPSA) is 140 Å². The molecule has 0 atom stereocenters. The van der Waals surface area contributed by atoms with Gasteiger partial charge in [0.2, 0.25) is 5.91 Å². The molecule has 0 saturated carbocycles. The second-order valence-electron chi connectivity index (χ2n) is 3.53. The summed E-state index contributed by atoms with van der Waals surface area (Å²) < 4.78 is 0. The number of nitrogens with zero attached hydrogens (tertiary/aromatic N) is 2. The zero-order valence-electron chi connectivity index (χ0n) is 10.2. The molecule has 1 aromatic heterocycles. The zero-order chi connectivity index (χ0) is 14.4. The van der Waals surface area contributed by atoms with Crippen molar-refractivity contribution in [2.45, 2.75) is 6.92 Å². The molecule has 2 amide bonds. The molecule has 0 spiro atoms. The van der Waals surface area contributed by atoms with Crippen LogP contribution >= 0.6 is 0 Å². The first-order valence-electron chi connectivity index (χ1n) is 5.40. The third-order valence-corrected chi connectivity index (χ3v) is 2.10. The number of amides is 2. The summed E-state index contributed by atoms with van der Waals surface area (Å²) in [6.07, 6.45) is 1.04. The summed E-state index contributed by atoms with van der Waals surface area (Å²) in [6, 6.07) is 1.08. The zero-order valence-corrected chi connectivity index (χ0v) is 10.2. The molecule has 0 saturated heterocycles. The molecule has 1 heterocycles. The summed E-state index contributed by atoms with van der Waals surface area (Å²) in [7, 11) is 0. The summed E-state index contributed by atoms with van der Waals surface area (Å²) in [5, 5.41) is 15.7. The van der Waals surface area contributed by atoms with Crippen molar-refractivity contribution in [2.75, 3.05) is 18.4 Å². The van der Waals surface area contributed by atoms with Gasteiger partial charge in [-0.3, -0.25) is 19.7 Å². The maximum absolute atomic E-state index is 11.8. The minimum atomic E-state index is -0.711. The highest BCUT2D eigenvalue weighted by Crippen LogP contribution is 2.18. The van der Waals surface area contributed by atoms with Gasteiger partial charge >= 0.3 is 0 Å². The smallest absolute Gasteiger partial charge is 0.288 e. The van der Waals surface area contributed by atoms with E-state index in [1.807, 2.05) is 0 Å². The number of rotatable bonds is 6. The van der Waals surface area contributed by atoms with Gasteiger partial charge < -0.3 is 16.4 Å². The van der Waals surface area contributed by atoms with Crippen LogP contribution in [0.3, 0.4) is 0 Å². The number of carbonyl (C=O) groups excluding carboxylic acids is 2. The van der Waals surface area contributed by atoms with Gasteiger partial charge in [0.1, 0.15) is 12.0 Å². The summed E-state index contributed by atoms with van der Waals surface area (Å²) in [5.74, 6) is -1.17. The highest BCUT2D eigenvalue weighted by molar-refractivity contribution is 6.00. The summed E-state index contributed by atoms with van der Waals surface area (Å²) in [6.45, 7) is 1.92. The Kier molecular flexibility index (Phi) is 4.75. The number of hydrogen-bond acceptors (Lipinski definition) is 6. The van der Waals surface area contributed by atoms with Gasteiger partial charge in [-0.25, -0.2) is 4.98 Å². The Hall–Kier alpha value is -2.71. The molecule has 1 aromatic rings. The number of nitrogens with one attached hydrogen (secondary N) is 2. The van der Waals surface area contributed by atoms with Crippen LogP contribution in [0.15, 0.2) is 12.3 Å². The SMILES string of the molecule is CCNc1ncc([N+](=O)[O-])cc1C(=O)NCC(N)=O. The van der Waals surface area contributed by atoms with E-state index in [9.17, 15) is 19.7 Å². The molecule has 9 nitrogen and oxygen atoms in total. The Balaban J connectivity index is 3.05. The van der Waals surface area contributed by atoms with Crippen molar-refractivity contribution in [2.24, 2.45) is 5.73 Å². The van der Waals surface area contributed by atoms with Gasteiger partial charge in [-0.15, -0.1) is 0 Å². The number of carbonyl (C=O) groups is 2. The normalized spacial score (nSPS) is 9.74. The third-order valence-electron chi connectivity index (χ3n) is 2.10. The molecule has 4 N–H and O–H groups in total. The van der Waals surface area contributed by atoms with Gasteiger partial charge in [0.25, 0.3) is 11.6 Å². The molecule has 0 aliphatic carbocycles. The fraction of sp³-hybridized carbons (Fsp3) is 0.300. The molecule has 19 heavy (non-hydrogen) atoms. The molecule has 1 rings (SSSR count). The van der Waals surface area contributed by atoms with Crippen LogP contribution in [0.2, 0.25) is 0 Å². The lowest BCUT2D eigenvalue weighted by atomic mass is 10.2. The van der Waals surface area contributed by atoms with Crippen molar-refractivity contribution in [1.29, 1.82) is 0 Å². The van der Waals surface area contributed by atoms with Gasteiger partial charge in [0, 0.05) is 12.6 Å². The predicted octanol–water partition coefficient (Wildman–Crippen LogP) is -0.363. The molecule has 0 bridgehead atoms. The number of anilines is 1. The van der Waals surface area contributed by atoms with E-state index in [0.717, 1.165) is 12.3 Å². The number of aromatic nitrogens is 1. The third kappa shape index (κ3) is 3.91. The Labute approximate surface area is 108 Å². The maximum Gasteiger partial charge on any atom is 0.288 e. The molecule has 0 aliphatic rings. The van der Waals surface area contributed by atoms with Crippen LogP contribution in [-0.2, 0) is 4.79 Å². The number of primary amides is 1. The van der Waals surface area contributed by atoms with Crippen LogP contribution in [0.4, 0.5) is 11.5 Å². The Morgan fingerprint density at radius 3 is 2.74 bits per heavy atom. The van der Waals surface area contributed by atoms with E-state index in [4.69, 9.17) is 5.73 Å². The van der Waals surface area contributed by atoms with E-state index in [0.29, 0.717) is 6.54 Å². The summed E-state index contributed by atoms with van der Waals surface area (Å²) in [5.41, 5.74) is 4.57. The minimum Gasteiger partial charge on any atom is -0.370 e. The van der Waals surface area contributed by atoms with Gasteiger partial charge in [-0.2, -0.15) is 0 Å². The Morgan fingerprint density at radius 1 is 1.53 bits per heavy atom. The Bertz CT molecular complexity index is 517. The van der Waals surface area contributed by atoms with E-state index >= 15 is 0 Å². The van der Waals surface area contributed by atoms with Crippen molar-refractivity contribution >= 4 is 23.3 Å². The molecule has 0 radical (unpaired) electrons. The van der Waals surface area contributed by atoms with Crippen molar-refractivity contribution in [3.05, 3.63) is 27.9 Å². The average Bonchev–Trinajstić information content (AvgIpc) is 2.36. The Morgan fingerprint density at radius 2 is 2.21 bits per heavy atom. The highest BCUT2D eigenvalue weighted by atomic mass is 16.6. The van der Waals surface area contributed by atoms with Gasteiger partial charge in [0.15, 0.2) is 0 Å². The largest absolute Gasteiger partial charge is 0.370 e. The molecule has 0 unspecified atom stereocenters. The van der Waals surface area contributed by atoms with Crippen LogP contribution in [0.5, 0.6) is 0 Å². The monoisotopic (exact) mass is 267 g/mol. The molecular weight excluding hydrogens is 254 g/mol. The predicted molar refractivity (Wildman–Crippen MR) is 66.6 cm³/mol. The van der Waals surface area contributed by atoms with Gasteiger partial charge in [-0.05, 0) is 6.92 Å². The first-order valence-corrected chi connectivity index (χ1v) is 5.40. The van der Waals surface area contributed by atoms with E-state index in [2.05, 4.69) is 15.6 Å². The second-order valence-corrected chi connectivity index (χ2v) is 3.53. The van der Waals surface area contributed by atoms with Crippen LogP contribution < -0.4 is 16.4 Å². The van der Waals surface area contributed by atoms with Crippen molar-refractivity contribution in [1.82, 2.24) is 10.3 Å². The average molecular weight is 267 g/mol. The summed E-state index contributed by atoms with van der Waals surface area (Å²) >= 11 is 0. The molecular formula is C10H13N5O4. The summed E-state index contributed by atoms with van der Waals surface area (Å²) in [4.78, 5) is 36.2. The molecule has 0 aliphatic heterocycles. The van der Waals surface area contributed by atoms with E-state index in [1.165, 1.54) is 0 Å². The van der Waals surface area contributed by atoms with Crippen LogP contribution in [0.25, 0.3) is 0 Å². The lowest BCUT2D eigenvalue weighted by molar-refractivity contribution is -0.385. The van der Waals surface area contributed by atoms with Crippen LogP contribution in [0, 0.1) is 10.1 Å². The molecule has 0 aromatic carbocycles. The van der Waals surface area contributed by atoms with Gasteiger partial charge in [-0.1, -0.05) is 0 Å². The minimum absolute atomic E-state index is 0.0164. The first kappa shape index (κ1) is 14.4. The second kappa shape index (κ2) is 6.28. The lowest BCUT2D eigenvalue weighted by Gasteiger charge is -2.09. The lowest BCUT2D eigenvalue weighted by Crippen LogP contribution is -2.33. The van der Waals surface area contributed by atoms with E-state index in [-0.39, 0.29) is 23.6 Å². The molecule has 102 valence electrons.